The van der Waals surface area contributed by atoms with Crippen LogP contribution in [0.5, 0.6) is 17.2 Å². The molecule has 8 heteroatoms. The normalized spacial score (nSPS) is 15.0. The van der Waals surface area contributed by atoms with Gasteiger partial charge in [0.05, 0.1) is 39.1 Å². The van der Waals surface area contributed by atoms with Crippen LogP contribution in [0.3, 0.4) is 0 Å². The quantitative estimate of drug-likeness (QED) is 0.725. The number of fused-ring (bicyclic) bond motifs is 1. The van der Waals surface area contributed by atoms with Gasteiger partial charge in [-0.15, -0.1) is 0 Å². The number of amides is 2. The molecule has 0 aromatic heterocycles. The summed E-state index contributed by atoms with van der Waals surface area (Å²) in [4.78, 5) is 27.0. The first-order valence-electron chi connectivity index (χ1n) is 9.66. The highest BCUT2D eigenvalue weighted by molar-refractivity contribution is 6.00. The van der Waals surface area contributed by atoms with Gasteiger partial charge in [0.2, 0.25) is 5.91 Å². The SMILES string of the molecule is COc1cc(C(=O)NC2CCOc3ccccc32)cc(NC(=O)CN(C)C)c1OC. The molecular formula is C22H27N3O5. The van der Waals surface area contributed by atoms with Gasteiger partial charge in [-0.3, -0.25) is 9.59 Å². The fraction of sp³-hybridized carbons (Fsp3) is 0.364. The van der Waals surface area contributed by atoms with Crippen LogP contribution in [-0.2, 0) is 4.79 Å². The van der Waals surface area contributed by atoms with Crippen molar-refractivity contribution in [2.75, 3.05) is 46.8 Å². The smallest absolute Gasteiger partial charge is 0.251 e. The summed E-state index contributed by atoms with van der Waals surface area (Å²) < 4.78 is 16.5. The maximum Gasteiger partial charge on any atom is 0.251 e. The maximum absolute atomic E-state index is 13.0. The van der Waals surface area contributed by atoms with E-state index in [0.29, 0.717) is 35.8 Å². The third kappa shape index (κ3) is 4.83. The van der Waals surface area contributed by atoms with E-state index in [4.69, 9.17) is 14.2 Å². The van der Waals surface area contributed by atoms with Crippen LogP contribution in [0.2, 0.25) is 0 Å². The predicted molar refractivity (Wildman–Crippen MR) is 113 cm³/mol. The lowest BCUT2D eigenvalue weighted by Crippen LogP contribution is -2.32. The van der Waals surface area contributed by atoms with E-state index in [0.717, 1.165) is 11.3 Å². The van der Waals surface area contributed by atoms with Crippen molar-refractivity contribution in [3.05, 3.63) is 47.5 Å². The Hall–Kier alpha value is -3.26. The molecule has 0 radical (unpaired) electrons. The number of nitrogens with zero attached hydrogens (tertiary/aromatic N) is 1. The molecule has 1 heterocycles. The molecule has 0 bridgehead atoms. The Bertz CT molecular complexity index is 929. The summed E-state index contributed by atoms with van der Waals surface area (Å²) in [6.45, 7) is 0.723. The molecule has 0 fully saturated rings. The first-order chi connectivity index (χ1) is 14.4. The third-order valence-corrected chi connectivity index (χ3v) is 4.74. The lowest BCUT2D eigenvalue weighted by Gasteiger charge is -2.27. The zero-order chi connectivity index (χ0) is 21.7. The molecule has 0 spiro atoms. The van der Waals surface area contributed by atoms with Crippen LogP contribution in [0, 0.1) is 0 Å². The van der Waals surface area contributed by atoms with Crippen molar-refractivity contribution in [2.24, 2.45) is 0 Å². The van der Waals surface area contributed by atoms with Gasteiger partial charge in [-0.2, -0.15) is 0 Å². The standard InChI is InChI=1S/C22H27N3O5/c1-25(2)13-20(26)23-17-11-14(12-19(28-3)21(17)29-4)22(27)24-16-9-10-30-18-8-6-5-7-15(16)18/h5-8,11-12,16H,9-10,13H2,1-4H3,(H,23,26)(H,24,27). The van der Waals surface area contributed by atoms with Gasteiger partial charge in [0.1, 0.15) is 5.75 Å². The van der Waals surface area contributed by atoms with Gasteiger partial charge >= 0.3 is 0 Å². The van der Waals surface area contributed by atoms with Crippen molar-refractivity contribution >= 4 is 17.5 Å². The van der Waals surface area contributed by atoms with Crippen molar-refractivity contribution in [1.29, 1.82) is 0 Å². The summed E-state index contributed by atoms with van der Waals surface area (Å²) in [6, 6.07) is 10.7. The first-order valence-corrected chi connectivity index (χ1v) is 9.66. The van der Waals surface area contributed by atoms with E-state index in [1.54, 1.807) is 31.1 Å². The van der Waals surface area contributed by atoms with Gasteiger partial charge in [0.25, 0.3) is 5.91 Å². The Morgan fingerprint density at radius 1 is 1.17 bits per heavy atom. The zero-order valence-corrected chi connectivity index (χ0v) is 17.7. The van der Waals surface area contributed by atoms with Gasteiger partial charge in [-0.25, -0.2) is 0 Å². The fourth-order valence-corrected chi connectivity index (χ4v) is 3.40. The lowest BCUT2D eigenvalue weighted by molar-refractivity contribution is -0.116. The number of para-hydroxylation sites is 1. The second kappa shape index (κ2) is 9.49. The Balaban J connectivity index is 1.87. The van der Waals surface area contributed by atoms with E-state index in [9.17, 15) is 9.59 Å². The van der Waals surface area contributed by atoms with Crippen LogP contribution in [-0.4, -0.2) is 58.2 Å². The number of rotatable bonds is 7. The Kier molecular flexibility index (Phi) is 6.79. The first kappa shape index (κ1) is 21.4. The van der Waals surface area contributed by atoms with Crippen molar-refractivity contribution in [2.45, 2.75) is 12.5 Å². The summed E-state index contributed by atoms with van der Waals surface area (Å²) in [5.74, 6) is 0.991. The molecule has 1 aliphatic rings. The number of hydrogen-bond donors (Lipinski definition) is 2. The number of ether oxygens (including phenoxy) is 3. The summed E-state index contributed by atoms with van der Waals surface area (Å²) >= 11 is 0. The van der Waals surface area contributed by atoms with E-state index in [1.807, 2.05) is 24.3 Å². The molecular weight excluding hydrogens is 386 g/mol. The highest BCUT2D eigenvalue weighted by atomic mass is 16.5. The van der Waals surface area contributed by atoms with Crippen LogP contribution in [0.15, 0.2) is 36.4 Å². The van der Waals surface area contributed by atoms with E-state index in [-0.39, 0.29) is 24.4 Å². The van der Waals surface area contributed by atoms with Gasteiger partial charge in [-0.1, -0.05) is 18.2 Å². The van der Waals surface area contributed by atoms with Crippen molar-refractivity contribution in [1.82, 2.24) is 10.2 Å². The number of methoxy groups -OCH3 is 2. The third-order valence-electron chi connectivity index (χ3n) is 4.74. The van der Waals surface area contributed by atoms with Gasteiger partial charge in [0, 0.05) is 17.5 Å². The average Bonchev–Trinajstić information content (AvgIpc) is 2.72. The highest BCUT2D eigenvalue weighted by Gasteiger charge is 2.24. The fourth-order valence-electron chi connectivity index (χ4n) is 3.40. The second-order valence-electron chi connectivity index (χ2n) is 7.25. The van der Waals surface area contributed by atoms with Crippen molar-refractivity contribution in [3.63, 3.8) is 0 Å². The van der Waals surface area contributed by atoms with Crippen LogP contribution in [0.1, 0.15) is 28.4 Å². The zero-order valence-electron chi connectivity index (χ0n) is 17.7. The van der Waals surface area contributed by atoms with Gasteiger partial charge < -0.3 is 29.7 Å². The molecule has 2 aromatic rings. The number of nitrogens with one attached hydrogen (secondary N) is 2. The second-order valence-corrected chi connectivity index (χ2v) is 7.25. The van der Waals surface area contributed by atoms with Crippen molar-refractivity contribution in [3.8, 4) is 17.2 Å². The molecule has 1 unspecified atom stereocenters. The number of carbonyl (C=O) groups is 2. The Morgan fingerprint density at radius 3 is 2.63 bits per heavy atom. The van der Waals surface area contributed by atoms with E-state index < -0.39 is 0 Å². The molecule has 1 aliphatic heterocycles. The summed E-state index contributed by atoms with van der Waals surface area (Å²) in [7, 11) is 6.57. The largest absolute Gasteiger partial charge is 0.493 e. The van der Waals surface area contributed by atoms with Crippen LogP contribution in [0.25, 0.3) is 0 Å². The maximum atomic E-state index is 13.0. The molecule has 30 heavy (non-hydrogen) atoms. The lowest BCUT2D eigenvalue weighted by atomic mass is 10.00. The highest BCUT2D eigenvalue weighted by Crippen LogP contribution is 2.37. The monoisotopic (exact) mass is 413 g/mol. The molecule has 0 saturated heterocycles. The van der Waals surface area contributed by atoms with Gasteiger partial charge in [0.15, 0.2) is 11.5 Å². The minimum absolute atomic E-state index is 0.165. The van der Waals surface area contributed by atoms with E-state index in [2.05, 4.69) is 10.6 Å². The van der Waals surface area contributed by atoms with Crippen molar-refractivity contribution < 1.29 is 23.8 Å². The number of hydrogen-bond acceptors (Lipinski definition) is 6. The molecule has 0 aliphatic carbocycles. The molecule has 160 valence electrons. The number of likely N-dealkylation sites (N-methyl/N-ethyl adjacent to an activating group) is 1. The van der Waals surface area contributed by atoms with Crippen LogP contribution >= 0.6 is 0 Å². The number of anilines is 1. The molecule has 2 amide bonds. The van der Waals surface area contributed by atoms with Gasteiger partial charge in [-0.05, 0) is 32.3 Å². The average molecular weight is 413 g/mol. The molecule has 1 atom stereocenters. The topological polar surface area (TPSA) is 89.1 Å². The number of carbonyl (C=O) groups excluding carboxylic acids is 2. The minimum Gasteiger partial charge on any atom is -0.493 e. The number of benzene rings is 2. The van der Waals surface area contributed by atoms with Crippen LogP contribution < -0.4 is 24.8 Å². The van der Waals surface area contributed by atoms with E-state index >= 15 is 0 Å². The summed E-state index contributed by atoms with van der Waals surface area (Å²) in [5.41, 5.74) is 1.68. The molecule has 2 aromatic carbocycles. The predicted octanol–water partition coefficient (Wildman–Crippen LogP) is 2.46. The van der Waals surface area contributed by atoms with Crippen LogP contribution in [0.4, 0.5) is 5.69 Å². The molecule has 3 rings (SSSR count). The minimum atomic E-state index is -0.277. The Morgan fingerprint density at radius 2 is 1.93 bits per heavy atom. The van der Waals surface area contributed by atoms with E-state index in [1.165, 1.54) is 14.2 Å². The summed E-state index contributed by atoms with van der Waals surface area (Å²) in [5, 5.41) is 5.85. The Labute approximate surface area is 176 Å². The molecule has 8 nitrogen and oxygen atoms in total. The summed E-state index contributed by atoms with van der Waals surface area (Å²) in [6.07, 6.45) is 0.669. The molecule has 0 saturated carbocycles. The molecule has 2 N–H and O–H groups in total.